The van der Waals surface area contributed by atoms with Crippen molar-refractivity contribution in [2.24, 2.45) is 0 Å². The summed E-state index contributed by atoms with van der Waals surface area (Å²) in [5.74, 6) is 0. The first-order chi connectivity index (χ1) is 19.0. The maximum atomic E-state index is 14.1. The van der Waals surface area contributed by atoms with Gasteiger partial charge in [0.05, 0.1) is 11.7 Å². The summed E-state index contributed by atoms with van der Waals surface area (Å²) in [7, 11) is 0. The fourth-order valence-electron chi connectivity index (χ4n) is 6.86. The van der Waals surface area contributed by atoms with Crippen molar-refractivity contribution in [3.8, 4) is 0 Å². The molecule has 0 saturated heterocycles. The highest BCUT2D eigenvalue weighted by molar-refractivity contribution is 5.31. The Balaban J connectivity index is 1.14. The van der Waals surface area contributed by atoms with E-state index in [9.17, 15) is 4.39 Å². The van der Waals surface area contributed by atoms with Gasteiger partial charge < -0.3 is 10.6 Å². The van der Waals surface area contributed by atoms with Gasteiger partial charge in [0.15, 0.2) is 0 Å². The number of benzene rings is 2. The molecule has 3 aromatic rings. The average molecular weight is 527 g/mol. The molecule has 1 fully saturated rings. The molecule has 6 rings (SSSR count). The Labute approximate surface area is 233 Å². The number of rotatable bonds is 8. The van der Waals surface area contributed by atoms with Gasteiger partial charge in [-0.25, -0.2) is 4.39 Å². The second kappa shape index (κ2) is 11.9. The van der Waals surface area contributed by atoms with E-state index in [2.05, 4.69) is 76.2 Å². The zero-order chi connectivity index (χ0) is 26.7. The van der Waals surface area contributed by atoms with Crippen LogP contribution in [-0.2, 0) is 32.5 Å². The lowest BCUT2D eigenvalue weighted by atomic mass is 9.85. The number of aromatic nitrogens is 1. The highest BCUT2D eigenvalue weighted by atomic mass is 19.1. The minimum Gasteiger partial charge on any atom is -0.310 e. The van der Waals surface area contributed by atoms with Gasteiger partial charge in [0.2, 0.25) is 0 Å². The largest absolute Gasteiger partial charge is 0.310 e. The molecule has 4 nitrogen and oxygen atoms in total. The Kier molecular flexibility index (Phi) is 8.10. The Morgan fingerprint density at radius 2 is 1.69 bits per heavy atom. The monoisotopic (exact) mass is 526 g/mol. The fourth-order valence-corrected chi connectivity index (χ4v) is 6.86. The summed E-state index contributed by atoms with van der Waals surface area (Å²) < 4.78 is 14.1. The Hall–Kier alpha value is -2.60. The van der Waals surface area contributed by atoms with E-state index < -0.39 is 5.67 Å². The summed E-state index contributed by atoms with van der Waals surface area (Å²) in [6.07, 6.45) is 9.74. The Morgan fingerprint density at radius 1 is 0.949 bits per heavy atom. The van der Waals surface area contributed by atoms with Crippen LogP contribution in [0, 0.1) is 0 Å². The molecule has 2 N–H and O–H groups in total. The summed E-state index contributed by atoms with van der Waals surface area (Å²) in [6, 6.07) is 23.6. The second-order valence-corrected chi connectivity index (χ2v) is 12.3. The molecule has 2 aliphatic carbocycles. The van der Waals surface area contributed by atoms with Crippen molar-refractivity contribution < 1.29 is 4.39 Å². The van der Waals surface area contributed by atoms with Crippen LogP contribution in [0.25, 0.3) is 0 Å². The Bertz CT molecular complexity index is 1230. The third-order valence-electron chi connectivity index (χ3n) is 9.26. The summed E-state index contributed by atoms with van der Waals surface area (Å²) >= 11 is 0. The minimum absolute atomic E-state index is 0.350. The molecule has 1 aliphatic heterocycles. The molecule has 5 heteroatoms. The van der Waals surface area contributed by atoms with Gasteiger partial charge in [0.1, 0.15) is 5.67 Å². The smallest absolute Gasteiger partial charge is 0.108 e. The topological polar surface area (TPSA) is 40.2 Å². The number of nitrogens with one attached hydrogen (secondary N) is 2. The number of nitrogens with zero attached hydrogens (tertiary/aromatic N) is 2. The SMILES string of the molecule is CC1(F)CCC(NCc2ccc(CN(C[C@H]3Cc4ccccc4CN3)[C@H]3CCCc4cccnc43)cc2)CC1. The van der Waals surface area contributed by atoms with Gasteiger partial charge in [0, 0.05) is 44.5 Å². The molecular formula is C34H43FN4. The molecule has 206 valence electrons. The lowest BCUT2D eigenvalue weighted by molar-refractivity contribution is 0.113. The van der Waals surface area contributed by atoms with Gasteiger partial charge in [-0.05, 0) is 92.2 Å². The molecule has 2 heterocycles. The normalized spacial score (nSPS) is 26.7. The van der Waals surface area contributed by atoms with E-state index in [1.165, 1.54) is 39.9 Å². The minimum atomic E-state index is -0.976. The summed E-state index contributed by atoms with van der Waals surface area (Å²) in [5, 5.41) is 7.49. The van der Waals surface area contributed by atoms with E-state index in [1.807, 2.05) is 6.20 Å². The molecule has 2 aromatic carbocycles. The molecule has 0 spiro atoms. The van der Waals surface area contributed by atoms with E-state index >= 15 is 0 Å². The molecule has 0 unspecified atom stereocenters. The van der Waals surface area contributed by atoms with Crippen molar-refractivity contribution in [2.45, 2.75) is 102 Å². The highest BCUT2D eigenvalue weighted by Gasteiger charge is 2.31. The van der Waals surface area contributed by atoms with Crippen LogP contribution in [0.5, 0.6) is 0 Å². The number of hydrogen-bond acceptors (Lipinski definition) is 4. The quantitative estimate of drug-likeness (QED) is 0.355. The standard InChI is InChI=1S/C34H43FN4/c1-34(35)17-15-30(16-18-34)37-21-25-11-13-26(14-12-25)23-39(32-10-4-8-27-9-5-19-36-33(27)32)24-31-20-28-6-2-3-7-29(28)22-38-31/h2-3,5-7,9,11-14,19,30-32,37-38H,4,8,10,15-18,20-24H2,1H3/t30?,31-,32+,34?/m1/s1. The van der Waals surface area contributed by atoms with Crippen molar-refractivity contribution in [1.29, 1.82) is 0 Å². The number of halogens is 1. The number of aryl methyl sites for hydroxylation is 1. The van der Waals surface area contributed by atoms with Gasteiger partial charge in [-0.2, -0.15) is 0 Å². The van der Waals surface area contributed by atoms with Gasteiger partial charge in [-0.1, -0.05) is 54.6 Å². The third-order valence-corrected chi connectivity index (χ3v) is 9.26. The van der Waals surface area contributed by atoms with Crippen LogP contribution in [0.3, 0.4) is 0 Å². The molecule has 39 heavy (non-hydrogen) atoms. The second-order valence-electron chi connectivity index (χ2n) is 12.3. The van der Waals surface area contributed by atoms with Crippen LogP contribution in [0.2, 0.25) is 0 Å². The number of alkyl halides is 1. The Morgan fingerprint density at radius 3 is 2.51 bits per heavy atom. The number of pyridine rings is 1. The molecule has 0 radical (unpaired) electrons. The lowest BCUT2D eigenvalue weighted by Crippen LogP contribution is -2.46. The maximum absolute atomic E-state index is 14.1. The molecular weight excluding hydrogens is 483 g/mol. The van der Waals surface area contributed by atoms with Crippen LogP contribution in [0.1, 0.15) is 85.0 Å². The molecule has 1 saturated carbocycles. The van der Waals surface area contributed by atoms with Crippen molar-refractivity contribution >= 4 is 0 Å². The first kappa shape index (κ1) is 26.6. The van der Waals surface area contributed by atoms with E-state index in [0.29, 0.717) is 31.0 Å². The van der Waals surface area contributed by atoms with Crippen LogP contribution in [0.4, 0.5) is 4.39 Å². The van der Waals surface area contributed by atoms with Crippen molar-refractivity contribution in [1.82, 2.24) is 20.5 Å². The zero-order valence-corrected chi connectivity index (χ0v) is 23.3. The first-order valence-corrected chi connectivity index (χ1v) is 15.0. The highest BCUT2D eigenvalue weighted by Crippen LogP contribution is 2.35. The van der Waals surface area contributed by atoms with Gasteiger partial charge in [-0.15, -0.1) is 0 Å². The average Bonchev–Trinajstić information content (AvgIpc) is 2.97. The van der Waals surface area contributed by atoms with Crippen LogP contribution < -0.4 is 10.6 Å². The first-order valence-electron chi connectivity index (χ1n) is 15.0. The predicted octanol–water partition coefficient (Wildman–Crippen LogP) is 6.44. The number of fused-ring (bicyclic) bond motifs is 2. The van der Waals surface area contributed by atoms with Crippen molar-refractivity contribution in [3.63, 3.8) is 0 Å². The maximum Gasteiger partial charge on any atom is 0.108 e. The van der Waals surface area contributed by atoms with E-state index in [0.717, 1.165) is 58.3 Å². The van der Waals surface area contributed by atoms with Gasteiger partial charge in [-0.3, -0.25) is 9.88 Å². The van der Waals surface area contributed by atoms with E-state index in [-0.39, 0.29) is 0 Å². The summed E-state index contributed by atoms with van der Waals surface area (Å²) in [4.78, 5) is 7.57. The van der Waals surface area contributed by atoms with Crippen LogP contribution in [-0.4, -0.2) is 34.2 Å². The van der Waals surface area contributed by atoms with Gasteiger partial charge in [0.25, 0.3) is 0 Å². The van der Waals surface area contributed by atoms with Crippen LogP contribution >= 0.6 is 0 Å². The molecule has 2 atom stereocenters. The summed E-state index contributed by atoms with van der Waals surface area (Å²) in [5.41, 5.74) is 7.28. The van der Waals surface area contributed by atoms with Gasteiger partial charge >= 0.3 is 0 Å². The fraction of sp³-hybridized carbons (Fsp3) is 0.500. The molecule has 1 aromatic heterocycles. The molecule has 0 bridgehead atoms. The predicted molar refractivity (Wildman–Crippen MR) is 156 cm³/mol. The van der Waals surface area contributed by atoms with E-state index in [4.69, 9.17) is 4.98 Å². The summed E-state index contributed by atoms with van der Waals surface area (Å²) in [6.45, 7) is 5.47. The molecule has 0 amide bonds. The number of hydrogen-bond donors (Lipinski definition) is 2. The third kappa shape index (κ3) is 6.59. The zero-order valence-electron chi connectivity index (χ0n) is 23.3. The van der Waals surface area contributed by atoms with Crippen molar-refractivity contribution in [3.05, 3.63) is 100 Å². The lowest BCUT2D eigenvalue weighted by Gasteiger charge is -2.38. The van der Waals surface area contributed by atoms with Crippen molar-refractivity contribution in [2.75, 3.05) is 6.54 Å². The van der Waals surface area contributed by atoms with Crippen LogP contribution in [0.15, 0.2) is 66.9 Å². The molecule has 3 aliphatic rings. The van der Waals surface area contributed by atoms with E-state index in [1.54, 1.807) is 6.92 Å².